The van der Waals surface area contributed by atoms with Crippen LogP contribution < -0.4 is 0 Å². The van der Waals surface area contributed by atoms with Crippen LogP contribution in [0.4, 0.5) is 0 Å². The van der Waals surface area contributed by atoms with Crippen molar-refractivity contribution >= 4 is 26.8 Å². The molecule has 1 aliphatic heterocycles. The van der Waals surface area contributed by atoms with Gasteiger partial charge in [-0.25, -0.2) is 8.42 Å². The SMILES string of the molecule is Cc1cnc2c(S(=O)(=O)N3CCN(C(=O)CC(C)C)CC3)cccc2c1. The van der Waals surface area contributed by atoms with Gasteiger partial charge in [0, 0.05) is 44.2 Å². The molecule has 1 saturated heterocycles. The smallest absolute Gasteiger partial charge is 0.245 e. The van der Waals surface area contributed by atoms with Gasteiger partial charge >= 0.3 is 0 Å². The number of piperazine rings is 1. The van der Waals surface area contributed by atoms with Crippen LogP contribution >= 0.6 is 0 Å². The number of hydrogen-bond donors (Lipinski definition) is 0. The van der Waals surface area contributed by atoms with Crippen molar-refractivity contribution < 1.29 is 13.2 Å². The number of aromatic nitrogens is 1. The quantitative estimate of drug-likeness (QED) is 0.823. The first-order valence-corrected chi connectivity index (χ1v) is 10.4. The number of carbonyl (C=O) groups excluding carboxylic acids is 1. The molecule has 26 heavy (non-hydrogen) atoms. The second-order valence-corrected chi connectivity index (χ2v) is 9.13. The molecule has 0 N–H and O–H groups in total. The summed E-state index contributed by atoms with van der Waals surface area (Å²) >= 11 is 0. The maximum Gasteiger partial charge on any atom is 0.245 e. The van der Waals surface area contributed by atoms with Crippen LogP contribution in [0.5, 0.6) is 0 Å². The zero-order valence-corrected chi connectivity index (χ0v) is 16.3. The molecule has 0 radical (unpaired) electrons. The minimum atomic E-state index is -3.64. The predicted octanol–water partition coefficient (Wildman–Crippen LogP) is 2.42. The lowest BCUT2D eigenvalue weighted by Crippen LogP contribution is -2.50. The summed E-state index contributed by atoms with van der Waals surface area (Å²) in [5.74, 6) is 0.397. The molecule has 2 heterocycles. The van der Waals surface area contributed by atoms with Crippen molar-refractivity contribution in [3.8, 4) is 0 Å². The molecule has 7 heteroatoms. The van der Waals surface area contributed by atoms with E-state index in [1.54, 1.807) is 23.2 Å². The number of amides is 1. The molecular formula is C19H25N3O3S. The molecule has 0 unspecified atom stereocenters. The number of rotatable bonds is 4. The van der Waals surface area contributed by atoms with Gasteiger partial charge in [-0.2, -0.15) is 4.31 Å². The molecule has 0 spiro atoms. The summed E-state index contributed by atoms with van der Waals surface area (Å²) in [5, 5.41) is 0.817. The summed E-state index contributed by atoms with van der Waals surface area (Å²) in [6, 6.07) is 7.16. The Hall–Kier alpha value is -1.99. The highest BCUT2D eigenvalue weighted by molar-refractivity contribution is 7.89. The minimum Gasteiger partial charge on any atom is -0.340 e. The van der Waals surface area contributed by atoms with E-state index in [4.69, 9.17) is 0 Å². The third-order valence-electron chi connectivity index (χ3n) is 4.60. The molecule has 0 atom stereocenters. The number of sulfonamides is 1. The highest BCUT2D eigenvalue weighted by Gasteiger charge is 2.31. The number of fused-ring (bicyclic) bond motifs is 1. The fourth-order valence-electron chi connectivity index (χ4n) is 3.25. The summed E-state index contributed by atoms with van der Waals surface area (Å²) in [7, 11) is -3.64. The Labute approximate surface area is 154 Å². The molecule has 6 nitrogen and oxygen atoms in total. The number of para-hydroxylation sites is 1. The van der Waals surface area contributed by atoms with Gasteiger partial charge in [-0.1, -0.05) is 26.0 Å². The van der Waals surface area contributed by atoms with Crippen LogP contribution in [0, 0.1) is 12.8 Å². The van der Waals surface area contributed by atoms with Gasteiger partial charge < -0.3 is 4.90 Å². The molecule has 1 fully saturated rings. The highest BCUT2D eigenvalue weighted by Crippen LogP contribution is 2.25. The molecule has 0 bridgehead atoms. The van der Waals surface area contributed by atoms with Crippen molar-refractivity contribution in [3.63, 3.8) is 0 Å². The molecule has 2 aromatic rings. The van der Waals surface area contributed by atoms with Crippen molar-refractivity contribution in [2.24, 2.45) is 5.92 Å². The second-order valence-electron chi connectivity index (χ2n) is 7.22. The van der Waals surface area contributed by atoms with Gasteiger partial charge in [-0.15, -0.1) is 0 Å². The van der Waals surface area contributed by atoms with Crippen molar-refractivity contribution in [1.29, 1.82) is 0 Å². The zero-order valence-electron chi connectivity index (χ0n) is 15.5. The fourth-order valence-corrected chi connectivity index (χ4v) is 4.83. The minimum absolute atomic E-state index is 0.0966. The average molecular weight is 375 g/mol. The van der Waals surface area contributed by atoms with E-state index in [1.165, 1.54) is 4.31 Å². The lowest BCUT2D eigenvalue weighted by Gasteiger charge is -2.34. The van der Waals surface area contributed by atoms with E-state index in [-0.39, 0.29) is 10.8 Å². The van der Waals surface area contributed by atoms with E-state index < -0.39 is 10.0 Å². The summed E-state index contributed by atoms with van der Waals surface area (Å²) < 4.78 is 27.7. The Morgan fingerprint density at radius 3 is 2.54 bits per heavy atom. The van der Waals surface area contributed by atoms with Gasteiger partial charge in [-0.05, 0) is 30.5 Å². The largest absolute Gasteiger partial charge is 0.340 e. The van der Waals surface area contributed by atoms with E-state index in [1.807, 2.05) is 32.9 Å². The highest BCUT2D eigenvalue weighted by atomic mass is 32.2. The molecule has 3 rings (SSSR count). The van der Waals surface area contributed by atoms with Crippen LogP contribution in [-0.4, -0.2) is 54.7 Å². The van der Waals surface area contributed by atoms with E-state index in [2.05, 4.69) is 4.98 Å². The van der Waals surface area contributed by atoms with Gasteiger partial charge in [0.2, 0.25) is 15.9 Å². The number of pyridine rings is 1. The van der Waals surface area contributed by atoms with Crippen molar-refractivity contribution in [1.82, 2.24) is 14.2 Å². The molecule has 0 aliphatic carbocycles. The molecule has 1 amide bonds. The predicted molar refractivity (Wildman–Crippen MR) is 101 cm³/mol. The molecule has 0 saturated carbocycles. The van der Waals surface area contributed by atoms with E-state index in [0.717, 1.165) is 10.9 Å². The Bertz CT molecular complexity index is 917. The monoisotopic (exact) mass is 375 g/mol. The van der Waals surface area contributed by atoms with Crippen LogP contribution in [0.1, 0.15) is 25.8 Å². The Morgan fingerprint density at radius 2 is 1.88 bits per heavy atom. The third kappa shape index (κ3) is 3.73. The molecular weight excluding hydrogens is 350 g/mol. The van der Waals surface area contributed by atoms with Gasteiger partial charge in [0.25, 0.3) is 0 Å². The first kappa shape index (κ1) is 18.8. The third-order valence-corrected chi connectivity index (χ3v) is 6.53. The number of nitrogens with zero attached hydrogens (tertiary/aromatic N) is 3. The first-order chi connectivity index (χ1) is 12.3. The Kier molecular flexibility index (Phi) is 5.29. The summed E-state index contributed by atoms with van der Waals surface area (Å²) in [6.07, 6.45) is 2.18. The first-order valence-electron chi connectivity index (χ1n) is 8.92. The normalized spacial score (nSPS) is 16.4. The van der Waals surface area contributed by atoms with Crippen molar-refractivity contribution in [3.05, 3.63) is 36.0 Å². The summed E-state index contributed by atoms with van der Waals surface area (Å²) in [5.41, 5.74) is 1.49. The second kappa shape index (κ2) is 7.32. The van der Waals surface area contributed by atoms with Crippen LogP contribution in [0.25, 0.3) is 10.9 Å². The maximum absolute atomic E-state index is 13.1. The van der Waals surface area contributed by atoms with E-state index >= 15 is 0 Å². The van der Waals surface area contributed by atoms with E-state index in [9.17, 15) is 13.2 Å². The Balaban J connectivity index is 1.81. The topological polar surface area (TPSA) is 70.6 Å². The summed E-state index contributed by atoms with van der Waals surface area (Å²) in [4.78, 5) is 18.5. The molecule has 140 valence electrons. The van der Waals surface area contributed by atoms with Crippen molar-refractivity contribution in [2.45, 2.75) is 32.1 Å². The fraction of sp³-hybridized carbons (Fsp3) is 0.474. The lowest BCUT2D eigenvalue weighted by molar-refractivity contribution is -0.133. The number of carbonyl (C=O) groups is 1. The van der Waals surface area contributed by atoms with Crippen LogP contribution in [0.15, 0.2) is 35.4 Å². The van der Waals surface area contributed by atoms with Gasteiger partial charge in [0.15, 0.2) is 0 Å². The van der Waals surface area contributed by atoms with Gasteiger partial charge in [0.1, 0.15) is 4.90 Å². The van der Waals surface area contributed by atoms with Gasteiger partial charge in [0.05, 0.1) is 5.52 Å². The number of hydrogen-bond acceptors (Lipinski definition) is 4. The van der Waals surface area contributed by atoms with Crippen LogP contribution in [0.3, 0.4) is 0 Å². The molecule has 1 aliphatic rings. The standard InChI is InChI=1S/C19H25N3O3S/c1-14(2)11-18(23)21-7-9-22(10-8-21)26(24,25)17-6-4-5-16-12-15(3)13-20-19(16)17/h4-6,12-14H,7-11H2,1-3H3. The molecule has 1 aromatic heterocycles. The van der Waals surface area contributed by atoms with E-state index in [0.29, 0.717) is 44.0 Å². The number of aryl methyl sites for hydroxylation is 1. The number of benzene rings is 1. The molecule has 1 aromatic carbocycles. The van der Waals surface area contributed by atoms with Gasteiger partial charge in [-0.3, -0.25) is 9.78 Å². The van der Waals surface area contributed by atoms with Crippen LogP contribution in [0.2, 0.25) is 0 Å². The lowest BCUT2D eigenvalue weighted by atomic mass is 10.1. The van der Waals surface area contributed by atoms with Crippen molar-refractivity contribution in [2.75, 3.05) is 26.2 Å². The maximum atomic E-state index is 13.1. The van der Waals surface area contributed by atoms with Crippen LogP contribution in [-0.2, 0) is 14.8 Å². The summed E-state index contributed by atoms with van der Waals surface area (Å²) in [6.45, 7) is 7.44. The average Bonchev–Trinajstić information content (AvgIpc) is 2.60. The zero-order chi connectivity index (χ0) is 18.9. The Morgan fingerprint density at radius 1 is 1.19 bits per heavy atom.